The topological polar surface area (TPSA) is 65.5 Å². The predicted molar refractivity (Wildman–Crippen MR) is 99.3 cm³/mol. The Labute approximate surface area is 145 Å². The van der Waals surface area contributed by atoms with Crippen LogP contribution in [0, 0.1) is 0 Å². The van der Waals surface area contributed by atoms with Crippen LogP contribution >= 0.6 is 0 Å². The molecule has 0 atom stereocenters. The molecule has 1 aromatic carbocycles. The van der Waals surface area contributed by atoms with Crippen LogP contribution in [0.4, 0.5) is 0 Å². The highest BCUT2D eigenvalue weighted by Crippen LogP contribution is 2.40. The largest absolute Gasteiger partial charge is 0.356 e. The van der Waals surface area contributed by atoms with E-state index in [2.05, 4.69) is 51.3 Å². The minimum Gasteiger partial charge on any atom is -0.356 e. The van der Waals surface area contributed by atoms with E-state index in [1.165, 1.54) is 31.2 Å². The summed E-state index contributed by atoms with van der Waals surface area (Å²) in [6, 6.07) is 10.7. The van der Waals surface area contributed by atoms with Gasteiger partial charge >= 0.3 is 0 Å². The van der Waals surface area contributed by atoms with Crippen molar-refractivity contribution < 1.29 is 4.79 Å². The van der Waals surface area contributed by atoms with Crippen molar-refractivity contribution in [2.45, 2.75) is 44.4 Å². The number of nitrogens with one attached hydrogen (secondary N) is 3. The van der Waals surface area contributed by atoms with E-state index in [9.17, 15) is 4.79 Å². The van der Waals surface area contributed by atoms with Gasteiger partial charge < -0.3 is 16.0 Å². The van der Waals surface area contributed by atoms with E-state index < -0.39 is 0 Å². The molecule has 0 aromatic heterocycles. The predicted octanol–water partition coefficient (Wildman–Crippen LogP) is 2.19. The van der Waals surface area contributed by atoms with E-state index in [-0.39, 0.29) is 17.9 Å². The summed E-state index contributed by atoms with van der Waals surface area (Å²) in [6.45, 7) is 3.84. The summed E-state index contributed by atoms with van der Waals surface area (Å²) in [5, 5.41) is 9.38. The molecule has 0 bridgehead atoms. The van der Waals surface area contributed by atoms with Crippen molar-refractivity contribution >= 4 is 11.9 Å². The molecule has 1 aliphatic carbocycles. The summed E-state index contributed by atoms with van der Waals surface area (Å²) >= 11 is 0. The third-order valence-corrected chi connectivity index (χ3v) is 4.75. The molecule has 5 nitrogen and oxygen atoms in total. The number of amides is 1. The average molecular weight is 330 g/mol. The standard InChI is InChI=1S/C19H30N4O/c1-3-13-21-17(24)14-22-18(20-2)23-15-19(11-7-8-12-19)16-9-5-4-6-10-16/h4-6,9-10H,3,7-8,11-15H2,1-2H3,(H,21,24)(H2,20,22,23). The lowest BCUT2D eigenvalue weighted by atomic mass is 9.79. The van der Waals surface area contributed by atoms with Crippen molar-refractivity contribution in [1.29, 1.82) is 0 Å². The first-order chi connectivity index (χ1) is 11.7. The number of rotatable bonds is 7. The Balaban J connectivity index is 1.90. The summed E-state index contributed by atoms with van der Waals surface area (Å²) in [5.41, 5.74) is 1.56. The van der Waals surface area contributed by atoms with Gasteiger partial charge in [-0.2, -0.15) is 0 Å². The van der Waals surface area contributed by atoms with Crippen LogP contribution in [0.25, 0.3) is 0 Å². The molecule has 1 amide bonds. The SMILES string of the molecule is CCCNC(=O)CNC(=NC)NCC1(c2ccccc2)CCCC1. The minimum atomic E-state index is -0.00145. The second-order valence-corrected chi connectivity index (χ2v) is 6.48. The van der Waals surface area contributed by atoms with Crippen LogP contribution in [0.1, 0.15) is 44.6 Å². The van der Waals surface area contributed by atoms with Crippen LogP contribution in [-0.2, 0) is 10.2 Å². The van der Waals surface area contributed by atoms with Gasteiger partial charge in [-0.05, 0) is 24.8 Å². The van der Waals surface area contributed by atoms with Gasteiger partial charge in [0.1, 0.15) is 0 Å². The van der Waals surface area contributed by atoms with Crippen molar-refractivity contribution in [1.82, 2.24) is 16.0 Å². The number of hydrogen-bond acceptors (Lipinski definition) is 2. The van der Waals surface area contributed by atoms with Gasteiger partial charge in [0.2, 0.25) is 5.91 Å². The van der Waals surface area contributed by atoms with Gasteiger partial charge in [-0.3, -0.25) is 9.79 Å². The fourth-order valence-corrected chi connectivity index (χ4v) is 3.38. The zero-order valence-corrected chi connectivity index (χ0v) is 14.9. The van der Waals surface area contributed by atoms with Gasteiger partial charge in [0.25, 0.3) is 0 Å². The maximum absolute atomic E-state index is 11.7. The molecule has 0 aliphatic heterocycles. The van der Waals surface area contributed by atoms with Crippen LogP contribution in [0.3, 0.4) is 0 Å². The maximum Gasteiger partial charge on any atom is 0.239 e. The van der Waals surface area contributed by atoms with Crippen molar-refractivity contribution in [2.75, 3.05) is 26.7 Å². The third-order valence-electron chi connectivity index (χ3n) is 4.75. The highest BCUT2D eigenvalue weighted by molar-refractivity contribution is 5.86. The third kappa shape index (κ3) is 4.98. The Bertz CT molecular complexity index is 536. The molecule has 1 saturated carbocycles. The molecule has 5 heteroatoms. The van der Waals surface area contributed by atoms with E-state index in [1.807, 2.05) is 6.92 Å². The van der Waals surface area contributed by atoms with E-state index >= 15 is 0 Å². The van der Waals surface area contributed by atoms with Crippen LogP contribution in [0.2, 0.25) is 0 Å². The Kier molecular flexibility index (Phi) is 7.09. The van der Waals surface area contributed by atoms with Gasteiger partial charge in [0.05, 0.1) is 6.54 Å². The normalized spacial score (nSPS) is 16.7. The van der Waals surface area contributed by atoms with Gasteiger partial charge in [0, 0.05) is 25.6 Å². The number of nitrogens with zero attached hydrogens (tertiary/aromatic N) is 1. The molecular formula is C19H30N4O. The Morgan fingerprint density at radius 1 is 1.12 bits per heavy atom. The fraction of sp³-hybridized carbons (Fsp3) is 0.579. The van der Waals surface area contributed by atoms with Gasteiger partial charge in [-0.1, -0.05) is 50.1 Å². The molecule has 0 unspecified atom stereocenters. The number of guanidine groups is 1. The van der Waals surface area contributed by atoms with Gasteiger partial charge in [0.15, 0.2) is 5.96 Å². The number of carbonyl (C=O) groups excluding carboxylic acids is 1. The Morgan fingerprint density at radius 3 is 2.46 bits per heavy atom. The molecule has 1 aromatic rings. The molecule has 0 spiro atoms. The Hall–Kier alpha value is -2.04. The molecule has 1 fully saturated rings. The lowest BCUT2D eigenvalue weighted by Crippen LogP contribution is -2.47. The second-order valence-electron chi connectivity index (χ2n) is 6.48. The summed E-state index contributed by atoms with van der Waals surface area (Å²) in [5.74, 6) is 0.683. The first kappa shape index (κ1) is 18.3. The molecule has 2 rings (SSSR count). The molecule has 0 saturated heterocycles. The maximum atomic E-state index is 11.7. The van der Waals surface area contributed by atoms with E-state index in [0.29, 0.717) is 12.5 Å². The molecule has 1 aliphatic rings. The lowest BCUT2D eigenvalue weighted by Gasteiger charge is -2.30. The fourth-order valence-electron chi connectivity index (χ4n) is 3.38. The van der Waals surface area contributed by atoms with Crippen LogP contribution in [-0.4, -0.2) is 38.5 Å². The highest BCUT2D eigenvalue weighted by Gasteiger charge is 2.35. The monoisotopic (exact) mass is 330 g/mol. The van der Waals surface area contributed by atoms with E-state index in [0.717, 1.165) is 13.0 Å². The number of benzene rings is 1. The van der Waals surface area contributed by atoms with Crippen molar-refractivity contribution in [2.24, 2.45) is 4.99 Å². The first-order valence-corrected chi connectivity index (χ1v) is 8.97. The summed E-state index contributed by atoms with van der Waals surface area (Å²) in [7, 11) is 1.74. The number of carbonyl (C=O) groups is 1. The summed E-state index contributed by atoms with van der Waals surface area (Å²) in [6.07, 6.45) is 5.86. The van der Waals surface area contributed by atoms with Crippen LogP contribution < -0.4 is 16.0 Å². The smallest absolute Gasteiger partial charge is 0.239 e. The van der Waals surface area contributed by atoms with Crippen molar-refractivity contribution in [3.05, 3.63) is 35.9 Å². The molecular weight excluding hydrogens is 300 g/mol. The quantitative estimate of drug-likeness (QED) is 0.530. The Morgan fingerprint density at radius 2 is 1.83 bits per heavy atom. The highest BCUT2D eigenvalue weighted by atomic mass is 16.1. The minimum absolute atomic E-state index is 0.00145. The number of hydrogen-bond donors (Lipinski definition) is 3. The molecule has 24 heavy (non-hydrogen) atoms. The van der Waals surface area contributed by atoms with E-state index in [4.69, 9.17) is 0 Å². The lowest BCUT2D eigenvalue weighted by molar-refractivity contribution is -0.120. The summed E-state index contributed by atoms with van der Waals surface area (Å²) in [4.78, 5) is 16.0. The molecule has 0 radical (unpaired) electrons. The van der Waals surface area contributed by atoms with Gasteiger partial charge in [-0.25, -0.2) is 0 Å². The van der Waals surface area contributed by atoms with Crippen molar-refractivity contribution in [3.8, 4) is 0 Å². The zero-order valence-electron chi connectivity index (χ0n) is 14.9. The molecule has 132 valence electrons. The molecule has 0 heterocycles. The van der Waals surface area contributed by atoms with Crippen LogP contribution in [0.15, 0.2) is 35.3 Å². The van der Waals surface area contributed by atoms with Crippen LogP contribution in [0.5, 0.6) is 0 Å². The zero-order chi connectivity index (χ0) is 17.3. The first-order valence-electron chi connectivity index (χ1n) is 8.97. The molecule has 3 N–H and O–H groups in total. The second kappa shape index (κ2) is 9.30. The van der Waals surface area contributed by atoms with Gasteiger partial charge in [-0.15, -0.1) is 0 Å². The van der Waals surface area contributed by atoms with E-state index in [1.54, 1.807) is 7.05 Å². The number of aliphatic imine (C=N–C) groups is 1. The summed E-state index contributed by atoms with van der Waals surface area (Å²) < 4.78 is 0. The average Bonchev–Trinajstić information content (AvgIpc) is 3.11. The van der Waals surface area contributed by atoms with Crippen molar-refractivity contribution in [3.63, 3.8) is 0 Å².